The van der Waals surface area contributed by atoms with Gasteiger partial charge in [-0.15, -0.1) is 0 Å². The molecule has 14 heavy (non-hydrogen) atoms. The minimum Gasteiger partial charge on any atom is -0.493 e. The Labute approximate surface area is 90.9 Å². The lowest BCUT2D eigenvalue weighted by Gasteiger charge is -2.11. The average Bonchev–Trinajstić information content (AvgIpc) is 2.20. The van der Waals surface area contributed by atoms with E-state index in [2.05, 4.69) is 21.4 Å². The maximum absolute atomic E-state index is 8.59. The summed E-state index contributed by atoms with van der Waals surface area (Å²) in [7, 11) is 3.15. The van der Waals surface area contributed by atoms with Gasteiger partial charge in [0.1, 0.15) is 0 Å². The van der Waals surface area contributed by atoms with Crippen LogP contribution in [0, 0.1) is 0 Å². The summed E-state index contributed by atoms with van der Waals surface area (Å²) < 4.78 is 11.1. The highest BCUT2D eigenvalue weighted by Gasteiger charge is 2.08. The summed E-state index contributed by atoms with van der Waals surface area (Å²) in [5, 5.41) is 8.59. The van der Waals surface area contributed by atoms with Crippen LogP contribution in [0.4, 0.5) is 0 Å². The predicted molar refractivity (Wildman–Crippen MR) is 55.9 cm³/mol. The quantitative estimate of drug-likeness (QED) is 0.814. The van der Waals surface area contributed by atoms with Crippen LogP contribution in [0.15, 0.2) is 16.6 Å². The van der Waals surface area contributed by atoms with Gasteiger partial charge in [0.05, 0.1) is 14.2 Å². The minimum absolute atomic E-state index is 0.348. The fourth-order valence-electron chi connectivity index (χ4n) is 1.12. The number of hydrogen-bond acceptors (Lipinski definition) is 4. The van der Waals surface area contributed by atoms with Crippen molar-refractivity contribution in [3.63, 3.8) is 0 Å². The smallest absolute Gasteiger partial charge is 0.161 e. The summed E-state index contributed by atoms with van der Waals surface area (Å²) in [4.78, 5) is 0. The van der Waals surface area contributed by atoms with Gasteiger partial charge in [-0.3, -0.25) is 0 Å². The van der Waals surface area contributed by atoms with E-state index in [-0.39, 0.29) is 0 Å². The molecule has 0 aliphatic rings. The van der Waals surface area contributed by atoms with Crippen LogP contribution in [-0.2, 0) is 6.54 Å². The molecule has 0 aliphatic heterocycles. The summed E-state index contributed by atoms with van der Waals surface area (Å²) in [6, 6.07) is 3.59. The topological polar surface area (TPSA) is 50.7 Å². The van der Waals surface area contributed by atoms with Crippen LogP contribution in [0.2, 0.25) is 0 Å². The maximum Gasteiger partial charge on any atom is 0.161 e. The third-order valence-electron chi connectivity index (χ3n) is 1.82. The van der Waals surface area contributed by atoms with Gasteiger partial charge in [-0.05, 0) is 17.7 Å². The molecule has 1 rings (SSSR count). The van der Waals surface area contributed by atoms with E-state index >= 15 is 0 Å². The van der Waals surface area contributed by atoms with Gasteiger partial charge in [0.2, 0.25) is 0 Å². The molecule has 1 aromatic carbocycles. The zero-order valence-electron chi connectivity index (χ0n) is 8.00. The van der Waals surface area contributed by atoms with Crippen LogP contribution in [0.5, 0.6) is 11.5 Å². The van der Waals surface area contributed by atoms with Gasteiger partial charge >= 0.3 is 0 Å². The van der Waals surface area contributed by atoms with Crippen LogP contribution in [0.3, 0.4) is 0 Å². The van der Waals surface area contributed by atoms with E-state index in [1.807, 2.05) is 0 Å². The third-order valence-corrected chi connectivity index (χ3v) is 2.56. The Morgan fingerprint density at radius 2 is 1.86 bits per heavy atom. The van der Waals surface area contributed by atoms with Crippen molar-refractivity contribution in [2.75, 3.05) is 14.2 Å². The number of hydrogen-bond donors (Lipinski definition) is 2. The highest BCUT2D eigenvalue weighted by atomic mass is 79.9. The van der Waals surface area contributed by atoms with E-state index in [0.29, 0.717) is 18.0 Å². The average molecular weight is 262 g/mol. The molecule has 0 atom stereocenters. The SMILES string of the molecule is COc1cc(Br)c(CNO)cc1OC. The summed E-state index contributed by atoms with van der Waals surface area (Å²) in [5.41, 5.74) is 2.98. The lowest BCUT2D eigenvalue weighted by atomic mass is 10.2. The van der Waals surface area contributed by atoms with Crippen molar-refractivity contribution in [2.24, 2.45) is 0 Å². The van der Waals surface area contributed by atoms with Gasteiger partial charge in [-0.25, -0.2) is 5.48 Å². The Bertz CT molecular complexity index is 317. The standard InChI is InChI=1S/C9H12BrNO3/c1-13-8-3-6(5-11-12)7(10)4-9(8)14-2/h3-4,11-12H,5H2,1-2H3. The first-order valence-corrected chi connectivity index (χ1v) is 4.79. The van der Waals surface area contributed by atoms with Crippen LogP contribution in [0.1, 0.15) is 5.56 Å². The van der Waals surface area contributed by atoms with Gasteiger partial charge in [0, 0.05) is 11.0 Å². The van der Waals surface area contributed by atoms with Crippen molar-refractivity contribution in [1.29, 1.82) is 0 Å². The molecule has 0 unspecified atom stereocenters. The Kier molecular flexibility index (Phi) is 4.19. The van der Waals surface area contributed by atoms with Crippen molar-refractivity contribution in [3.05, 3.63) is 22.2 Å². The molecule has 5 heteroatoms. The highest BCUT2D eigenvalue weighted by Crippen LogP contribution is 2.33. The second-order valence-corrected chi connectivity index (χ2v) is 3.49. The van der Waals surface area contributed by atoms with Gasteiger partial charge in [0.25, 0.3) is 0 Å². The number of methoxy groups -OCH3 is 2. The van der Waals surface area contributed by atoms with Gasteiger partial charge in [-0.1, -0.05) is 15.9 Å². The summed E-state index contributed by atoms with van der Waals surface area (Å²) >= 11 is 3.37. The van der Waals surface area contributed by atoms with Crippen LogP contribution in [-0.4, -0.2) is 19.4 Å². The number of benzene rings is 1. The van der Waals surface area contributed by atoms with Crippen molar-refractivity contribution < 1.29 is 14.7 Å². The highest BCUT2D eigenvalue weighted by molar-refractivity contribution is 9.10. The molecule has 1 aromatic rings. The maximum atomic E-state index is 8.59. The molecule has 0 aliphatic carbocycles. The molecule has 0 amide bonds. The second kappa shape index (κ2) is 5.19. The van der Waals surface area contributed by atoms with Crippen molar-refractivity contribution in [3.8, 4) is 11.5 Å². The number of hydroxylamine groups is 1. The first kappa shape index (κ1) is 11.3. The summed E-state index contributed by atoms with van der Waals surface area (Å²) in [6.45, 7) is 0.348. The Morgan fingerprint density at radius 1 is 1.29 bits per heavy atom. The fourth-order valence-corrected chi connectivity index (χ4v) is 1.58. The number of nitrogens with one attached hydrogen (secondary N) is 1. The summed E-state index contributed by atoms with van der Waals surface area (Å²) in [5.74, 6) is 1.29. The van der Waals surface area contributed by atoms with Crippen LogP contribution >= 0.6 is 15.9 Å². The van der Waals surface area contributed by atoms with E-state index in [1.54, 1.807) is 26.4 Å². The summed E-state index contributed by atoms with van der Waals surface area (Å²) in [6.07, 6.45) is 0. The fraction of sp³-hybridized carbons (Fsp3) is 0.333. The largest absolute Gasteiger partial charge is 0.493 e. The molecule has 0 spiro atoms. The lowest BCUT2D eigenvalue weighted by Crippen LogP contribution is -2.07. The molecule has 0 fully saturated rings. The van der Waals surface area contributed by atoms with E-state index in [0.717, 1.165) is 10.0 Å². The van der Waals surface area contributed by atoms with E-state index in [1.165, 1.54) is 0 Å². The number of ether oxygens (including phenoxy) is 2. The van der Waals surface area contributed by atoms with Crippen LogP contribution in [0.25, 0.3) is 0 Å². The van der Waals surface area contributed by atoms with Crippen molar-refractivity contribution in [2.45, 2.75) is 6.54 Å². The molecule has 0 heterocycles. The number of rotatable bonds is 4. The Hall–Kier alpha value is -0.780. The molecular formula is C9H12BrNO3. The molecule has 2 N–H and O–H groups in total. The van der Waals surface area contributed by atoms with Gasteiger partial charge in [0.15, 0.2) is 11.5 Å². The third kappa shape index (κ3) is 2.37. The molecule has 0 aromatic heterocycles. The Morgan fingerprint density at radius 3 is 2.36 bits per heavy atom. The predicted octanol–water partition coefficient (Wildman–Crippen LogP) is 1.95. The molecule has 4 nitrogen and oxygen atoms in total. The lowest BCUT2D eigenvalue weighted by molar-refractivity contribution is 0.161. The molecule has 0 bridgehead atoms. The first-order chi connectivity index (χ1) is 6.72. The second-order valence-electron chi connectivity index (χ2n) is 2.63. The monoisotopic (exact) mass is 261 g/mol. The zero-order valence-corrected chi connectivity index (χ0v) is 9.59. The minimum atomic E-state index is 0.348. The van der Waals surface area contributed by atoms with Crippen LogP contribution < -0.4 is 15.0 Å². The molecule has 78 valence electrons. The van der Waals surface area contributed by atoms with Crippen molar-refractivity contribution >= 4 is 15.9 Å². The first-order valence-electron chi connectivity index (χ1n) is 4.00. The van der Waals surface area contributed by atoms with Gasteiger partial charge < -0.3 is 14.7 Å². The molecule has 0 radical (unpaired) electrons. The molecule has 0 saturated heterocycles. The van der Waals surface area contributed by atoms with E-state index in [4.69, 9.17) is 14.7 Å². The van der Waals surface area contributed by atoms with E-state index < -0.39 is 0 Å². The normalized spacial score (nSPS) is 10.0. The number of halogens is 1. The zero-order chi connectivity index (χ0) is 10.6. The molecule has 0 saturated carbocycles. The van der Waals surface area contributed by atoms with Crippen molar-refractivity contribution in [1.82, 2.24) is 5.48 Å². The Balaban J connectivity index is 3.09. The van der Waals surface area contributed by atoms with Gasteiger partial charge in [-0.2, -0.15) is 0 Å². The van der Waals surface area contributed by atoms with E-state index in [9.17, 15) is 0 Å². The molecular weight excluding hydrogens is 250 g/mol.